The molecule has 3 amide bonds. The summed E-state index contributed by atoms with van der Waals surface area (Å²) >= 11 is 0. The Hall–Kier alpha value is -4.22. The molecule has 0 radical (unpaired) electrons. The highest BCUT2D eigenvalue weighted by atomic mass is 16.6. The third-order valence-electron chi connectivity index (χ3n) is 8.64. The summed E-state index contributed by atoms with van der Waals surface area (Å²) in [4.78, 5) is 66.3. The van der Waals surface area contributed by atoms with E-state index >= 15 is 0 Å². The smallest absolute Gasteiger partial charge is 0.409 e. The zero-order valence-electron chi connectivity index (χ0n) is 25.7. The van der Waals surface area contributed by atoms with Crippen LogP contribution in [0.2, 0.25) is 0 Å². The van der Waals surface area contributed by atoms with Gasteiger partial charge in [-0.3, -0.25) is 14.4 Å². The first kappa shape index (κ1) is 31.2. The van der Waals surface area contributed by atoms with Crippen LogP contribution >= 0.6 is 0 Å². The van der Waals surface area contributed by atoms with E-state index in [0.717, 1.165) is 18.4 Å². The van der Waals surface area contributed by atoms with Crippen LogP contribution in [-0.4, -0.2) is 102 Å². The van der Waals surface area contributed by atoms with E-state index in [1.807, 2.05) is 51.1 Å². The lowest BCUT2D eigenvalue weighted by molar-refractivity contribution is -0.145. The molecule has 1 aromatic carbocycles. The lowest BCUT2D eigenvalue weighted by atomic mass is 10.1. The van der Waals surface area contributed by atoms with Gasteiger partial charge in [0, 0.05) is 50.9 Å². The van der Waals surface area contributed by atoms with Crippen LogP contribution in [0, 0.1) is 17.8 Å². The van der Waals surface area contributed by atoms with Gasteiger partial charge in [0.05, 0.1) is 19.1 Å². The molecule has 2 aliphatic heterocycles. The fourth-order valence-corrected chi connectivity index (χ4v) is 6.03. The van der Waals surface area contributed by atoms with Crippen molar-refractivity contribution in [3.05, 3.63) is 42.1 Å². The Bertz CT molecular complexity index is 1340. The summed E-state index contributed by atoms with van der Waals surface area (Å²) in [6.45, 7) is 9.25. The number of piperidine rings is 1. The van der Waals surface area contributed by atoms with Crippen LogP contribution in [0.5, 0.6) is 0 Å². The van der Waals surface area contributed by atoms with Gasteiger partial charge >= 0.3 is 12.1 Å². The summed E-state index contributed by atoms with van der Waals surface area (Å²) < 4.78 is 10.5. The molecular formula is C32H42N6O6. The monoisotopic (exact) mass is 606 g/mol. The quantitative estimate of drug-likeness (QED) is 0.303. The van der Waals surface area contributed by atoms with Crippen LogP contribution in [0.1, 0.15) is 50.5 Å². The van der Waals surface area contributed by atoms with Gasteiger partial charge in [0.15, 0.2) is 5.82 Å². The summed E-state index contributed by atoms with van der Waals surface area (Å²) in [5, 5.41) is 2.89. The van der Waals surface area contributed by atoms with Gasteiger partial charge in [-0.15, -0.1) is 0 Å². The molecule has 1 aromatic heterocycles. The second kappa shape index (κ2) is 14.0. The highest BCUT2D eigenvalue weighted by Crippen LogP contribution is 2.53. The second-order valence-electron chi connectivity index (χ2n) is 11.5. The van der Waals surface area contributed by atoms with Gasteiger partial charge in [-0.2, -0.15) is 0 Å². The number of fused-ring (bicyclic) bond motifs is 1. The lowest BCUT2D eigenvalue weighted by Crippen LogP contribution is -2.55. The third kappa shape index (κ3) is 6.95. The maximum Gasteiger partial charge on any atom is 0.409 e. The van der Waals surface area contributed by atoms with Crippen molar-refractivity contribution in [3.8, 4) is 11.4 Å². The van der Waals surface area contributed by atoms with E-state index < -0.39 is 11.9 Å². The van der Waals surface area contributed by atoms with E-state index in [2.05, 4.69) is 15.2 Å². The predicted octanol–water partition coefficient (Wildman–Crippen LogP) is 2.98. The van der Waals surface area contributed by atoms with Crippen LogP contribution in [0.3, 0.4) is 0 Å². The topological polar surface area (TPSA) is 134 Å². The Labute approximate surface area is 258 Å². The minimum atomic E-state index is -0.742. The number of nitrogens with one attached hydrogen (secondary N) is 1. The van der Waals surface area contributed by atoms with Crippen molar-refractivity contribution in [1.82, 2.24) is 25.1 Å². The van der Waals surface area contributed by atoms with Crippen molar-refractivity contribution in [2.75, 3.05) is 57.4 Å². The molecular weight excluding hydrogens is 564 g/mol. The highest BCUT2D eigenvalue weighted by molar-refractivity contribution is 5.97. The van der Waals surface area contributed by atoms with E-state index in [1.165, 1.54) is 0 Å². The molecule has 2 saturated heterocycles. The van der Waals surface area contributed by atoms with Gasteiger partial charge in [0.2, 0.25) is 5.91 Å². The minimum Gasteiger partial charge on any atom is -0.466 e. The number of rotatable bonds is 11. The average Bonchev–Trinajstić information content (AvgIpc) is 3.56. The van der Waals surface area contributed by atoms with Crippen molar-refractivity contribution in [1.29, 1.82) is 0 Å². The largest absolute Gasteiger partial charge is 0.466 e. The van der Waals surface area contributed by atoms with E-state index in [-0.39, 0.29) is 41.4 Å². The maximum atomic E-state index is 13.6. The standard InChI is InChI=1S/C32H42N6O6/c1-4-7-17-44-32(42)37-15-13-36(14-16-37)30(40)24(5-2)34-29(39)25-18-26(35-28(33-25)21-11-9-8-10-12-21)38-19-22-23(20-38)27(22)31(41)43-6-3/h8-12,18,22-24,27H,4-7,13-17,19-20H2,1-3H3,(H,34,39)/t22-,23+,24-,27?/m0/s1. The SMILES string of the molecule is CCCCOC(=O)N1CCN(C(=O)[C@H](CC)NC(=O)c2cc(N3C[C@@H]4C(C(=O)OCC)[C@@H]4C3)nc(-c3ccccc3)n2)CC1. The molecule has 3 aliphatic rings. The highest BCUT2D eigenvalue weighted by Gasteiger charge is 2.60. The van der Waals surface area contributed by atoms with Crippen LogP contribution in [-0.2, 0) is 19.1 Å². The summed E-state index contributed by atoms with van der Waals surface area (Å²) in [6.07, 6.45) is 1.81. The van der Waals surface area contributed by atoms with Crippen molar-refractivity contribution in [2.24, 2.45) is 17.8 Å². The number of hydrogen-bond acceptors (Lipinski definition) is 9. The summed E-state index contributed by atoms with van der Waals surface area (Å²) in [7, 11) is 0. The van der Waals surface area contributed by atoms with Crippen LogP contribution in [0.25, 0.3) is 11.4 Å². The Morgan fingerprint density at radius 2 is 1.61 bits per heavy atom. The van der Waals surface area contributed by atoms with E-state index in [1.54, 1.807) is 15.9 Å². The normalized spacial score (nSPS) is 21.3. The number of piperazine rings is 1. The molecule has 1 N–H and O–H groups in total. The molecule has 4 atom stereocenters. The number of amides is 3. The number of hydrogen-bond donors (Lipinski definition) is 1. The van der Waals surface area contributed by atoms with E-state index in [9.17, 15) is 19.2 Å². The van der Waals surface area contributed by atoms with Crippen LogP contribution < -0.4 is 10.2 Å². The predicted molar refractivity (Wildman–Crippen MR) is 163 cm³/mol. The molecule has 2 aromatic rings. The number of aromatic nitrogens is 2. The summed E-state index contributed by atoms with van der Waals surface area (Å²) in [6, 6.07) is 10.4. The molecule has 1 aliphatic carbocycles. The number of unbranched alkanes of at least 4 members (excludes halogenated alkanes) is 1. The fraction of sp³-hybridized carbons (Fsp3) is 0.562. The van der Waals surface area contributed by atoms with E-state index in [0.29, 0.717) is 70.5 Å². The number of nitrogens with zero attached hydrogens (tertiary/aromatic N) is 5. The molecule has 3 heterocycles. The van der Waals surface area contributed by atoms with Gasteiger partial charge in [-0.1, -0.05) is 50.6 Å². The zero-order chi connectivity index (χ0) is 31.2. The molecule has 3 fully saturated rings. The Morgan fingerprint density at radius 3 is 2.25 bits per heavy atom. The van der Waals surface area contributed by atoms with Crippen LogP contribution in [0.15, 0.2) is 36.4 Å². The summed E-state index contributed by atoms with van der Waals surface area (Å²) in [5.74, 6) is 0.578. The van der Waals surface area contributed by atoms with Gasteiger partial charge in [0.25, 0.3) is 5.91 Å². The molecule has 5 rings (SSSR count). The lowest BCUT2D eigenvalue weighted by Gasteiger charge is -2.35. The number of carbonyl (C=O) groups is 4. The van der Waals surface area contributed by atoms with Crippen molar-refractivity contribution >= 4 is 29.7 Å². The Kier molecular flexibility index (Phi) is 9.96. The first-order chi connectivity index (χ1) is 21.3. The van der Waals surface area contributed by atoms with Gasteiger partial charge in [-0.05, 0) is 31.6 Å². The molecule has 1 saturated carbocycles. The van der Waals surface area contributed by atoms with Gasteiger partial charge < -0.3 is 29.5 Å². The number of carbonyl (C=O) groups excluding carboxylic acids is 4. The molecule has 12 nitrogen and oxygen atoms in total. The molecule has 44 heavy (non-hydrogen) atoms. The van der Waals surface area contributed by atoms with Crippen molar-refractivity contribution in [3.63, 3.8) is 0 Å². The Morgan fingerprint density at radius 1 is 0.932 bits per heavy atom. The number of anilines is 1. The maximum absolute atomic E-state index is 13.6. The molecule has 0 bridgehead atoms. The second-order valence-corrected chi connectivity index (χ2v) is 11.5. The molecule has 1 unspecified atom stereocenters. The number of benzene rings is 1. The molecule has 236 valence electrons. The van der Waals surface area contributed by atoms with Crippen molar-refractivity contribution < 1.29 is 28.7 Å². The zero-order valence-corrected chi connectivity index (χ0v) is 25.7. The average molecular weight is 607 g/mol. The minimum absolute atomic E-state index is 0.0747. The van der Waals surface area contributed by atoms with E-state index in [4.69, 9.17) is 14.5 Å². The fourth-order valence-electron chi connectivity index (χ4n) is 6.03. The van der Waals surface area contributed by atoms with Gasteiger partial charge in [-0.25, -0.2) is 14.8 Å². The van der Waals surface area contributed by atoms with Gasteiger partial charge in [0.1, 0.15) is 17.6 Å². The number of esters is 1. The first-order valence-electron chi connectivity index (χ1n) is 15.7. The molecule has 12 heteroatoms. The van der Waals surface area contributed by atoms with Crippen molar-refractivity contribution in [2.45, 2.75) is 46.1 Å². The van der Waals surface area contributed by atoms with Crippen LogP contribution in [0.4, 0.5) is 10.6 Å². The third-order valence-corrected chi connectivity index (χ3v) is 8.64. The Balaban J connectivity index is 1.25. The first-order valence-corrected chi connectivity index (χ1v) is 15.7. The summed E-state index contributed by atoms with van der Waals surface area (Å²) in [5.41, 5.74) is 0.939. The molecule has 0 spiro atoms. The number of ether oxygens (including phenoxy) is 2.